The number of thiocarbonyl (C=S) groups is 1. The number of halogens is 2. The Balaban J connectivity index is 2.02. The summed E-state index contributed by atoms with van der Waals surface area (Å²) in [5, 5.41) is 7.11. The highest BCUT2D eigenvalue weighted by Crippen LogP contribution is 2.24. The van der Waals surface area contributed by atoms with Crippen LogP contribution < -0.4 is 20.3 Å². The number of quaternary nitrogens is 1. The van der Waals surface area contributed by atoms with E-state index < -0.39 is 0 Å². The van der Waals surface area contributed by atoms with Gasteiger partial charge in [-0.2, -0.15) is 0 Å². The fraction of sp³-hybridized carbons (Fsp3) is 0.278. The molecule has 2 aromatic carbocycles. The molecule has 25 heavy (non-hydrogen) atoms. The predicted molar refractivity (Wildman–Crippen MR) is 104 cm³/mol. The second-order valence-electron chi connectivity index (χ2n) is 5.83. The molecule has 0 amide bonds. The van der Waals surface area contributed by atoms with E-state index in [0.29, 0.717) is 22.2 Å². The molecule has 0 aliphatic heterocycles. The minimum atomic E-state index is -0.311. The van der Waals surface area contributed by atoms with Crippen molar-refractivity contribution in [2.75, 3.05) is 33.1 Å². The third kappa shape index (κ3) is 5.29. The summed E-state index contributed by atoms with van der Waals surface area (Å²) in [5.41, 5.74) is 1.33. The molecule has 0 aromatic heterocycles. The maximum Gasteiger partial charge on any atom is 0.171 e. The lowest BCUT2D eigenvalue weighted by Gasteiger charge is -2.24. The minimum absolute atomic E-state index is 0.177. The molecule has 4 nitrogen and oxygen atoms in total. The van der Waals surface area contributed by atoms with E-state index in [1.54, 1.807) is 19.2 Å². The van der Waals surface area contributed by atoms with Crippen molar-refractivity contribution in [2.24, 2.45) is 0 Å². The van der Waals surface area contributed by atoms with E-state index in [1.807, 2.05) is 38.4 Å². The third-order valence-electron chi connectivity index (χ3n) is 3.86. The zero-order chi connectivity index (χ0) is 18.4. The first kappa shape index (κ1) is 19.4. The molecule has 3 N–H and O–H groups in total. The molecule has 0 aliphatic rings. The molecule has 2 rings (SSSR count). The van der Waals surface area contributed by atoms with Crippen LogP contribution in [0.1, 0.15) is 11.6 Å². The number of hydrogen-bond acceptors (Lipinski definition) is 2. The van der Waals surface area contributed by atoms with Crippen molar-refractivity contribution in [3.63, 3.8) is 0 Å². The summed E-state index contributed by atoms with van der Waals surface area (Å²) in [5.74, 6) is 0.462. The molecule has 0 unspecified atom stereocenters. The predicted octanol–water partition coefficient (Wildman–Crippen LogP) is 2.66. The molecule has 0 saturated carbocycles. The molecule has 7 heteroatoms. The van der Waals surface area contributed by atoms with Gasteiger partial charge in [-0.25, -0.2) is 4.39 Å². The van der Waals surface area contributed by atoms with Crippen LogP contribution in [-0.4, -0.2) is 32.9 Å². The van der Waals surface area contributed by atoms with Gasteiger partial charge in [0.1, 0.15) is 17.6 Å². The van der Waals surface area contributed by atoms with Gasteiger partial charge in [-0.1, -0.05) is 17.7 Å². The van der Waals surface area contributed by atoms with Crippen LogP contribution in [0.15, 0.2) is 42.5 Å². The summed E-state index contributed by atoms with van der Waals surface area (Å²) in [4.78, 5) is 1.05. The maximum absolute atomic E-state index is 14.2. The Morgan fingerprint density at radius 2 is 1.92 bits per heavy atom. The van der Waals surface area contributed by atoms with Crippen LogP contribution in [0.3, 0.4) is 0 Å². The van der Waals surface area contributed by atoms with Crippen LogP contribution in [-0.2, 0) is 0 Å². The molecule has 0 spiro atoms. The molecule has 0 saturated heterocycles. The lowest BCUT2D eigenvalue weighted by Crippen LogP contribution is -3.07. The monoisotopic (exact) mass is 382 g/mol. The second kappa shape index (κ2) is 8.99. The Kier molecular flexibility index (Phi) is 6.99. The van der Waals surface area contributed by atoms with Crippen LogP contribution >= 0.6 is 23.8 Å². The summed E-state index contributed by atoms with van der Waals surface area (Å²) >= 11 is 11.5. The van der Waals surface area contributed by atoms with E-state index in [-0.39, 0.29) is 11.9 Å². The van der Waals surface area contributed by atoms with E-state index >= 15 is 0 Å². The summed E-state index contributed by atoms with van der Waals surface area (Å²) in [7, 11) is 5.52. The molecule has 0 aliphatic carbocycles. The van der Waals surface area contributed by atoms with Crippen molar-refractivity contribution in [1.29, 1.82) is 0 Å². The van der Waals surface area contributed by atoms with Gasteiger partial charge in [0.15, 0.2) is 5.11 Å². The summed E-state index contributed by atoms with van der Waals surface area (Å²) < 4.78 is 19.3. The number of nitrogens with one attached hydrogen (secondary N) is 3. The van der Waals surface area contributed by atoms with Gasteiger partial charge in [0.05, 0.1) is 38.3 Å². The van der Waals surface area contributed by atoms with Gasteiger partial charge >= 0.3 is 0 Å². The van der Waals surface area contributed by atoms with Crippen LogP contribution in [0.4, 0.5) is 10.1 Å². The van der Waals surface area contributed by atoms with Crippen molar-refractivity contribution in [3.05, 3.63) is 58.9 Å². The van der Waals surface area contributed by atoms with E-state index in [0.717, 1.165) is 16.3 Å². The van der Waals surface area contributed by atoms with E-state index in [2.05, 4.69) is 10.6 Å². The summed E-state index contributed by atoms with van der Waals surface area (Å²) in [6, 6.07) is 12.0. The molecule has 0 bridgehead atoms. The van der Waals surface area contributed by atoms with E-state index in [1.165, 1.54) is 6.07 Å². The van der Waals surface area contributed by atoms with Gasteiger partial charge in [0.25, 0.3) is 0 Å². The molecule has 0 heterocycles. The third-order valence-corrected chi connectivity index (χ3v) is 4.44. The average molecular weight is 383 g/mol. The molecule has 1 atom stereocenters. The quantitative estimate of drug-likeness (QED) is 0.671. The van der Waals surface area contributed by atoms with E-state index in [4.69, 9.17) is 28.6 Å². The van der Waals surface area contributed by atoms with Gasteiger partial charge in [-0.05, 0) is 48.6 Å². The van der Waals surface area contributed by atoms with Crippen LogP contribution in [0.2, 0.25) is 5.02 Å². The Morgan fingerprint density at radius 1 is 1.24 bits per heavy atom. The zero-order valence-electron chi connectivity index (χ0n) is 14.4. The number of ether oxygens (including phenoxy) is 1. The minimum Gasteiger partial charge on any atom is -0.497 e. The zero-order valence-corrected chi connectivity index (χ0v) is 16.0. The Morgan fingerprint density at radius 3 is 2.48 bits per heavy atom. The smallest absolute Gasteiger partial charge is 0.171 e. The van der Waals surface area contributed by atoms with Crippen molar-refractivity contribution in [3.8, 4) is 5.75 Å². The second-order valence-corrected chi connectivity index (χ2v) is 6.64. The van der Waals surface area contributed by atoms with Gasteiger partial charge < -0.3 is 20.3 Å². The van der Waals surface area contributed by atoms with Gasteiger partial charge in [0.2, 0.25) is 0 Å². The van der Waals surface area contributed by atoms with Gasteiger partial charge in [0, 0.05) is 5.69 Å². The lowest BCUT2D eigenvalue weighted by atomic mass is 10.1. The largest absolute Gasteiger partial charge is 0.497 e. The SMILES string of the molecule is COc1ccc(NC(=S)NC[C@H](c2c(F)cccc2Cl)[NH+](C)C)cc1. The van der Waals surface area contributed by atoms with Crippen molar-refractivity contribution in [1.82, 2.24) is 5.32 Å². The molecule has 134 valence electrons. The first-order chi connectivity index (χ1) is 11.9. The first-order valence-corrected chi connectivity index (χ1v) is 8.64. The van der Waals surface area contributed by atoms with Gasteiger partial charge in [-0.3, -0.25) is 0 Å². The van der Waals surface area contributed by atoms with E-state index in [9.17, 15) is 4.39 Å². The fourth-order valence-corrected chi connectivity index (χ4v) is 2.98. The number of methoxy groups -OCH3 is 1. The highest BCUT2D eigenvalue weighted by molar-refractivity contribution is 7.80. The normalized spacial score (nSPS) is 11.9. The number of benzene rings is 2. The molecule has 0 fully saturated rings. The molecular weight excluding hydrogens is 361 g/mol. The lowest BCUT2D eigenvalue weighted by molar-refractivity contribution is -0.890. The Labute approximate surface area is 157 Å². The van der Waals surface area contributed by atoms with Crippen molar-refractivity contribution in [2.45, 2.75) is 6.04 Å². The van der Waals surface area contributed by atoms with Crippen LogP contribution in [0.5, 0.6) is 5.75 Å². The number of likely N-dealkylation sites (N-methyl/N-ethyl adjacent to an activating group) is 1. The van der Waals surface area contributed by atoms with Crippen molar-refractivity contribution >= 4 is 34.6 Å². The first-order valence-electron chi connectivity index (χ1n) is 7.85. The highest BCUT2D eigenvalue weighted by Gasteiger charge is 2.24. The topological polar surface area (TPSA) is 37.7 Å². The van der Waals surface area contributed by atoms with Crippen LogP contribution in [0.25, 0.3) is 0 Å². The molecule has 0 radical (unpaired) electrons. The molecule has 2 aromatic rings. The summed E-state index contributed by atoms with van der Waals surface area (Å²) in [6.45, 7) is 0.449. The number of hydrogen-bond donors (Lipinski definition) is 3. The molecular formula is C18H22ClFN3OS+. The standard InChI is InChI=1S/C18H21ClFN3OS/c1-23(2)16(17-14(19)5-4-6-15(17)20)11-21-18(25)22-12-7-9-13(24-3)10-8-12/h4-10,16H,11H2,1-3H3,(H2,21,22,25)/p+1/t16-/m1/s1. The number of anilines is 1. The Bertz CT molecular complexity index is 705. The highest BCUT2D eigenvalue weighted by atomic mass is 35.5. The Hall–Kier alpha value is -1.89. The fourth-order valence-electron chi connectivity index (χ4n) is 2.48. The summed E-state index contributed by atoms with van der Waals surface area (Å²) in [6.07, 6.45) is 0. The van der Waals surface area contributed by atoms with Crippen LogP contribution in [0, 0.1) is 5.82 Å². The van der Waals surface area contributed by atoms with Crippen molar-refractivity contribution < 1.29 is 14.0 Å². The average Bonchev–Trinajstić information content (AvgIpc) is 2.57. The number of rotatable bonds is 6. The van der Waals surface area contributed by atoms with Gasteiger partial charge in [-0.15, -0.1) is 0 Å². The maximum atomic E-state index is 14.2.